The van der Waals surface area contributed by atoms with Gasteiger partial charge in [0.2, 0.25) is 15.9 Å². The first kappa shape index (κ1) is 25.8. The summed E-state index contributed by atoms with van der Waals surface area (Å²) in [5.74, 6) is -0.486. The maximum absolute atomic E-state index is 13.1. The van der Waals surface area contributed by atoms with E-state index in [1.54, 1.807) is 51.1 Å². The maximum Gasteiger partial charge on any atom is 0.267 e. The number of hydrogen-bond donors (Lipinski definition) is 1. The number of nitriles is 1. The summed E-state index contributed by atoms with van der Waals surface area (Å²) in [5, 5.41) is 16.1. The summed E-state index contributed by atoms with van der Waals surface area (Å²) in [6.07, 6.45) is 0. The minimum atomic E-state index is -3.70. The molecule has 0 saturated heterocycles. The molecule has 0 fully saturated rings. The molecule has 1 N–H and O–H groups in total. The number of carbonyl (C=O) groups excluding carboxylic acids is 1. The number of hydrogen-bond acceptors (Lipinski definition) is 6. The van der Waals surface area contributed by atoms with Crippen molar-refractivity contribution in [3.63, 3.8) is 0 Å². The Kier molecular flexibility index (Phi) is 7.84. The van der Waals surface area contributed by atoms with Gasteiger partial charge in [-0.25, -0.2) is 13.1 Å². The second-order valence-electron chi connectivity index (χ2n) is 7.93. The van der Waals surface area contributed by atoms with Crippen LogP contribution in [0.4, 0.5) is 5.69 Å². The third kappa shape index (κ3) is 5.48. The molecular weight excluding hydrogens is 466 g/mol. The molecule has 35 heavy (non-hydrogen) atoms. The van der Waals surface area contributed by atoms with Gasteiger partial charge >= 0.3 is 0 Å². The molecule has 3 rings (SSSR count). The first-order valence-corrected chi connectivity index (χ1v) is 12.6. The molecular formula is C25H27N5O4S. The van der Waals surface area contributed by atoms with Crippen LogP contribution in [0, 0.1) is 18.3 Å². The summed E-state index contributed by atoms with van der Waals surface area (Å²) in [7, 11) is -3.70. The number of nitrogens with zero attached hydrogens (tertiary/aromatic N) is 4. The summed E-state index contributed by atoms with van der Waals surface area (Å²) in [6.45, 7) is 7.50. The van der Waals surface area contributed by atoms with E-state index in [4.69, 9.17) is 5.26 Å². The van der Waals surface area contributed by atoms with Crippen LogP contribution in [0.15, 0.2) is 64.3 Å². The first-order chi connectivity index (χ1) is 16.6. The minimum Gasteiger partial charge on any atom is -0.324 e. The molecule has 0 aliphatic rings. The predicted molar refractivity (Wildman–Crippen MR) is 133 cm³/mol. The topological polar surface area (TPSA) is 125 Å². The molecule has 182 valence electrons. The zero-order chi connectivity index (χ0) is 25.8. The second-order valence-corrected chi connectivity index (χ2v) is 9.84. The van der Waals surface area contributed by atoms with Crippen molar-refractivity contribution in [1.82, 2.24) is 14.1 Å². The van der Waals surface area contributed by atoms with Gasteiger partial charge in [0.25, 0.3) is 5.56 Å². The molecule has 1 amide bonds. The van der Waals surface area contributed by atoms with Crippen LogP contribution in [0.5, 0.6) is 0 Å². The molecule has 0 saturated carbocycles. The molecule has 10 heteroatoms. The van der Waals surface area contributed by atoms with Gasteiger partial charge < -0.3 is 5.32 Å². The van der Waals surface area contributed by atoms with Gasteiger partial charge in [0, 0.05) is 30.4 Å². The van der Waals surface area contributed by atoms with Crippen LogP contribution >= 0.6 is 0 Å². The van der Waals surface area contributed by atoms with E-state index in [1.807, 2.05) is 6.07 Å². The van der Waals surface area contributed by atoms with Gasteiger partial charge in [-0.1, -0.05) is 32.0 Å². The number of sulfonamides is 1. The molecule has 1 atom stereocenters. The molecule has 0 bridgehead atoms. The lowest BCUT2D eigenvalue weighted by Crippen LogP contribution is -2.33. The Morgan fingerprint density at radius 2 is 1.86 bits per heavy atom. The van der Waals surface area contributed by atoms with Crippen LogP contribution in [0.25, 0.3) is 11.3 Å². The summed E-state index contributed by atoms with van der Waals surface area (Å²) in [6, 6.07) is 15.2. The van der Waals surface area contributed by atoms with Crippen LogP contribution in [-0.2, 0) is 14.8 Å². The van der Waals surface area contributed by atoms with Crippen molar-refractivity contribution in [3.8, 4) is 17.3 Å². The van der Waals surface area contributed by atoms with E-state index >= 15 is 0 Å². The molecule has 3 aromatic rings. The Morgan fingerprint density at radius 3 is 2.51 bits per heavy atom. The summed E-state index contributed by atoms with van der Waals surface area (Å²) >= 11 is 0. The van der Waals surface area contributed by atoms with Crippen LogP contribution < -0.4 is 10.9 Å². The number of anilines is 1. The monoisotopic (exact) mass is 493 g/mol. The number of nitrogens with one attached hydrogen (secondary N) is 1. The van der Waals surface area contributed by atoms with Crippen molar-refractivity contribution in [2.45, 2.75) is 38.6 Å². The zero-order valence-corrected chi connectivity index (χ0v) is 20.8. The number of aromatic nitrogens is 2. The molecule has 0 aliphatic heterocycles. The SMILES string of the molecule is CCN(CC)S(=O)(=O)c1cc(-c2ccc(=O)n([C@@H](C)C(=O)Nc3cccc(C#N)c3)n2)ccc1C. The third-order valence-corrected chi connectivity index (χ3v) is 7.83. The van der Waals surface area contributed by atoms with Crippen LogP contribution in [0.3, 0.4) is 0 Å². The fraction of sp³-hybridized carbons (Fsp3) is 0.280. The van der Waals surface area contributed by atoms with Crippen molar-refractivity contribution in [1.29, 1.82) is 5.26 Å². The Balaban J connectivity index is 1.97. The van der Waals surface area contributed by atoms with Crippen LogP contribution in [0.2, 0.25) is 0 Å². The summed E-state index contributed by atoms with van der Waals surface area (Å²) < 4.78 is 28.7. The average Bonchev–Trinajstić information content (AvgIpc) is 2.84. The van der Waals surface area contributed by atoms with E-state index in [1.165, 1.54) is 35.5 Å². The standard InChI is InChI=1S/C25H27N5O4S/c1-5-29(6-2)35(33,34)23-15-20(11-10-17(23)3)22-12-13-24(31)30(28-22)18(4)25(32)27-21-9-7-8-19(14-21)16-26/h7-15,18H,5-6H2,1-4H3,(H,27,32)/t18-/m0/s1. The van der Waals surface area contributed by atoms with E-state index in [0.29, 0.717) is 41.2 Å². The van der Waals surface area contributed by atoms with E-state index in [0.717, 1.165) is 4.68 Å². The Bertz CT molecular complexity index is 1450. The first-order valence-electron chi connectivity index (χ1n) is 11.1. The van der Waals surface area contributed by atoms with Crippen molar-refractivity contribution in [3.05, 3.63) is 76.1 Å². The minimum absolute atomic E-state index is 0.168. The van der Waals surface area contributed by atoms with Gasteiger partial charge in [0.05, 0.1) is 22.2 Å². The molecule has 0 aliphatic carbocycles. The molecule has 0 spiro atoms. The highest BCUT2D eigenvalue weighted by Gasteiger charge is 2.25. The average molecular weight is 494 g/mol. The highest BCUT2D eigenvalue weighted by molar-refractivity contribution is 7.89. The smallest absolute Gasteiger partial charge is 0.267 e. The van der Waals surface area contributed by atoms with E-state index in [-0.39, 0.29) is 4.90 Å². The van der Waals surface area contributed by atoms with Gasteiger partial charge in [0.15, 0.2) is 0 Å². The van der Waals surface area contributed by atoms with Crippen molar-refractivity contribution in [2.75, 3.05) is 18.4 Å². The number of rotatable bonds is 8. The highest BCUT2D eigenvalue weighted by atomic mass is 32.2. The van der Waals surface area contributed by atoms with Crippen molar-refractivity contribution in [2.24, 2.45) is 0 Å². The van der Waals surface area contributed by atoms with Gasteiger partial charge in [-0.2, -0.15) is 14.7 Å². The fourth-order valence-electron chi connectivity index (χ4n) is 3.62. The molecule has 1 aromatic heterocycles. The van der Waals surface area contributed by atoms with Gasteiger partial charge in [-0.3, -0.25) is 9.59 Å². The van der Waals surface area contributed by atoms with Gasteiger partial charge in [-0.05, 0) is 49.7 Å². The fourth-order valence-corrected chi connectivity index (χ4v) is 5.33. The highest BCUT2D eigenvalue weighted by Crippen LogP contribution is 2.26. The number of aryl methyl sites for hydroxylation is 1. The quantitative estimate of drug-likeness (QED) is 0.513. The van der Waals surface area contributed by atoms with E-state index < -0.39 is 27.5 Å². The maximum atomic E-state index is 13.1. The largest absolute Gasteiger partial charge is 0.324 e. The molecule has 2 aromatic carbocycles. The lowest BCUT2D eigenvalue weighted by Gasteiger charge is -2.20. The van der Waals surface area contributed by atoms with E-state index in [2.05, 4.69) is 10.4 Å². The Morgan fingerprint density at radius 1 is 1.14 bits per heavy atom. The zero-order valence-electron chi connectivity index (χ0n) is 20.0. The van der Waals surface area contributed by atoms with E-state index in [9.17, 15) is 18.0 Å². The van der Waals surface area contributed by atoms with Crippen molar-refractivity contribution >= 4 is 21.6 Å². The second kappa shape index (κ2) is 10.6. The number of carbonyl (C=O) groups is 1. The van der Waals surface area contributed by atoms with Gasteiger partial charge in [0.1, 0.15) is 6.04 Å². The normalized spacial score (nSPS) is 12.2. The summed E-state index contributed by atoms with van der Waals surface area (Å²) in [4.78, 5) is 25.5. The van der Waals surface area contributed by atoms with Crippen LogP contribution in [-0.4, -0.2) is 41.5 Å². The predicted octanol–water partition coefficient (Wildman–Crippen LogP) is 3.32. The lowest BCUT2D eigenvalue weighted by molar-refractivity contribution is -0.119. The molecule has 0 unspecified atom stereocenters. The van der Waals surface area contributed by atoms with Gasteiger partial charge in [-0.15, -0.1) is 0 Å². The molecule has 9 nitrogen and oxygen atoms in total. The Hall–Kier alpha value is -3.81. The number of benzene rings is 2. The Labute approximate surface area is 204 Å². The summed E-state index contributed by atoms with van der Waals surface area (Å²) in [5.41, 5.74) is 1.79. The molecule has 1 heterocycles. The number of amides is 1. The molecule has 0 radical (unpaired) electrons. The lowest BCUT2D eigenvalue weighted by atomic mass is 10.1. The third-order valence-electron chi connectivity index (χ3n) is 5.64. The van der Waals surface area contributed by atoms with Crippen molar-refractivity contribution < 1.29 is 13.2 Å². The van der Waals surface area contributed by atoms with Crippen LogP contribution in [0.1, 0.15) is 37.9 Å².